The van der Waals surface area contributed by atoms with Crippen molar-refractivity contribution in [2.75, 3.05) is 13.6 Å². The van der Waals surface area contributed by atoms with E-state index in [1.54, 1.807) is 6.07 Å². The van der Waals surface area contributed by atoms with Gasteiger partial charge in [-0.25, -0.2) is 4.39 Å². The molecule has 1 aromatic rings. The molecule has 0 aliphatic carbocycles. The van der Waals surface area contributed by atoms with Gasteiger partial charge in [-0.1, -0.05) is 6.07 Å². The zero-order valence-corrected chi connectivity index (χ0v) is 11.9. The minimum Gasteiger partial charge on any atom is -0.480 e. The summed E-state index contributed by atoms with van der Waals surface area (Å²) in [4.78, 5) is 11.9. The van der Waals surface area contributed by atoms with Crippen LogP contribution in [0.2, 0.25) is 0 Å². The van der Waals surface area contributed by atoms with Crippen molar-refractivity contribution in [3.05, 3.63) is 29.6 Å². The van der Waals surface area contributed by atoms with Crippen LogP contribution >= 0.6 is 0 Å². The third-order valence-corrected chi connectivity index (χ3v) is 3.63. The molecular weight excluding hydrogens is 259 g/mol. The summed E-state index contributed by atoms with van der Waals surface area (Å²) in [7, 11) is 1.83. The highest BCUT2D eigenvalue weighted by atomic mass is 19.1. The number of halogens is 1. The second-order valence-electron chi connectivity index (χ2n) is 5.09. The normalized spacial score (nSPS) is 20.9. The van der Waals surface area contributed by atoms with Gasteiger partial charge in [-0.05, 0) is 39.3 Å². The zero-order chi connectivity index (χ0) is 14.5. The molecule has 20 heavy (non-hydrogen) atoms. The number of ether oxygens (including phenoxy) is 1. The lowest BCUT2D eigenvalue weighted by molar-refractivity contribution is -0.127. The quantitative estimate of drug-likeness (QED) is 0.888. The average molecular weight is 280 g/mol. The van der Waals surface area contributed by atoms with Crippen molar-refractivity contribution in [2.45, 2.75) is 38.3 Å². The van der Waals surface area contributed by atoms with E-state index in [9.17, 15) is 9.18 Å². The first-order chi connectivity index (χ1) is 9.61. The summed E-state index contributed by atoms with van der Waals surface area (Å²) in [6, 6.07) is 4.48. The molecule has 0 bridgehead atoms. The Morgan fingerprint density at radius 3 is 3.00 bits per heavy atom. The van der Waals surface area contributed by atoms with E-state index < -0.39 is 6.10 Å². The summed E-state index contributed by atoms with van der Waals surface area (Å²) in [6.45, 7) is 2.65. The fraction of sp³-hybridized carbons (Fsp3) is 0.533. The van der Waals surface area contributed by atoms with Crippen molar-refractivity contribution >= 4 is 5.91 Å². The lowest BCUT2D eigenvalue weighted by Crippen LogP contribution is -2.36. The number of rotatable bonds is 4. The summed E-state index contributed by atoms with van der Waals surface area (Å²) < 4.78 is 19.2. The van der Waals surface area contributed by atoms with E-state index in [1.807, 2.05) is 14.0 Å². The minimum absolute atomic E-state index is 0.0273. The summed E-state index contributed by atoms with van der Waals surface area (Å²) >= 11 is 0. The molecule has 1 fully saturated rings. The molecule has 0 saturated carbocycles. The highest BCUT2D eigenvalue weighted by Crippen LogP contribution is 2.28. The minimum atomic E-state index is -0.540. The molecular formula is C15H21FN2O2. The summed E-state index contributed by atoms with van der Waals surface area (Å²) in [5.74, 6) is -0.0372. The maximum Gasteiger partial charge on any atom is 0.261 e. The number of carbonyl (C=O) groups excluding carboxylic acids is 1. The van der Waals surface area contributed by atoms with E-state index >= 15 is 0 Å². The molecule has 110 valence electrons. The Kier molecular flexibility index (Phi) is 4.95. The molecule has 1 saturated heterocycles. The first-order valence-corrected chi connectivity index (χ1v) is 7.03. The molecule has 1 aliphatic heterocycles. The third-order valence-electron chi connectivity index (χ3n) is 3.63. The monoisotopic (exact) mass is 280 g/mol. The maximum absolute atomic E-state index is 13.4. The van der Waals surface area contributed by atoms with Crippen LogP contribution in [0.3, 0.4) is 0 Å². The molecule has 2 unspecified atom stereocenters. The molecule has 1 aliphatic rings. The van der Waals surface area contributed by atoms with Crippen LogP contribution in [0.5, 0.6) is 5.75 Å². The molecule has 1 amide bonds. The van der Waals surface area contributed by atoms with Gasteiger partial charge in [-0.3, -0.25) is 4.79 Å². The van der Waals surface area contributed by atoms with Gasteiger partial charge in [0.2, 0.25) is 0 Å². The van der Waals surface area contributed by atoms with Crippen molar-refractivity contribution in [2.24, 2.45) is 0 Å². The van der Waals surface area contributed by atoms with Crippen molar-refractivity contribution in [1.82, 2.24) is 10.6 Å². The zero-order valence-electron chi connectivity index (χ0n) is 11.9. The predicted molar refractivity (Wildman–Crippen MR) is 75.2 cm³/mol. The van der Waals surface area contributed by atoms with Gasteiger partial charge in [-0.2, -0.15) is 0 Å². The van der Waals surface area contributed by atoms with E-state index in [0.29, 0.717) is 18.7 Å². The molecule has 0 radical (unpaired) electrons. The van der Waals surface area contributed by atoms with Crippen molar-refractivity contribution in [3.8, 4) is 5.75 Å². The van der Waals surface area contributed by atoms with Crippen LogP contribution in [0.4, 0.5) is 4.39 Å². The van der Waals surface area contributed by atoms with Gasteiger partial charge in [0.15, 0.2) is 6.10 Å². The van der Waals surface area contributed by atoms with Crippen LogP contribution < -0.4 is 15.4 Å². The van der Waals surface area contributed by atoms with Crippen LogP contribution in [0.25, 0.3) is 0 Å². The van der Waals surface area contributed by atoms with Crippen LogP contribution in [0, 0.1) is 5.82 Å². The second kappa shape index (κ2) is 6.70. The van der Waals surface area contributed by atoms with E-state index in [0.717, 1.165) is 18.4 Å². The maximum atomic E-state index is 13.4. The molecule has 4 nitrogen and oxygen atoms in total. The lowest BCUT2D eigenvalue weighted by Gasteiger charge is -2.21. The Balaban J connectivity index is 2.22. The Morgan fingerprint density at radius 1 is 1.45 bits per heavy atom. The Hall–Kier alpha value is -1.62. The van der Waals surface area contributed by atoms with Crippen molar-refractivity contribution < 1.29 is 13.9 Å². The summed E-state index contributed by atoms with van der Waals surface area (Å²) in [6.07, 6.45) is 2.00. The molecule has 2 rings (SSSR count). The molecule has 2 atom stereocenters. The Labute approximate surface area is 118 Å². The van der Waals surface area contributed by atoms with Crippen LogP contribution in [0.15, 0.2) is 18.2 Å². The van der Waals surface area contributed by atoms with Gasteiger partial charge in [0, 0.05) is 24.2 Å². The predicted octanol–water partition coefficient (Wildman–Crippen LogP) is 2.15. The summed E-state index contributed by atoms with van der Waals surface area (Å²) in [5, 5.41) is 5.92. The first kappa shape index (κ1) is 14.8. The second-order valence-corrected chi connectivity index (χ2v) is 5.09. The van der Waals surface area contributed by atoms with Crippen molar-refractivity contribution in [3.63, 3.8) is 0 Å². The van der Waals surface area contributed by atoms with Gasteiger partial charge in [-0.15, -0.1) is 0 Å². The standard InChI is InChI=1S/C15H21FN2O2/c1-10(17-2)12-7-6-11(16)9-14(12)20-13-5-3-4-8-18-15(13)19/h6-7,9-10,13,17H,3-5,8H2,1-2H3,(H,18,19). The largest absolute Gasteiger partial charge is 0.480 e. The number of nitrogens with one attached hydrogen (secondary N) is 2. The molecule has 2 N–H and O–H groups in total. The van der Waals surface area contributed by atoms with E-state index in [2.05, 4.69) is 10.6 Å². The van der Waals surface area contributed by atoms with Gasteiger partial charge in [0.05, 0.1) is 0 Å². The number of amides is 1. The van der Waals surface area contributed by atoms with Crippen LogP contribution in [0.1, 0.15) is 37.8 Å². The van der Waals surface area contributed by atoms with Gasteiger partial charge >= 0.3 is 0 Å². The van der Waals surface area contributed by atoms with E-state index in [4.69, 9.17) is 4.74 Å². The molecule has 0 spiro atoms. The van der Waals surface area contributed by atoms with Crippen LogP contribution in [-0.4, -0.2) is 25.6 Å². The Morgan fingerprint density at radius 2 is 2.25 bits per heavy atom. The highest BCUT2D eigenvalue weighted by molar-refractivity contribution is 5.81. The molecule has 1 heterocycles. The fourth-order valence-electron chi connectivity index (χ4n) is 2.30. The first-order valence-electron chi connectivity index (χ1n) is 7.03. The third kappa shape index (κ3) is 3.48. The van der Waals surface area contributed by atoms with E-state index in [1.165, 1.54) is 12.1 Å². The number of hydrogen-bond donors (Lipinski definition) is 2. The van der Waals surface area contributed by atoms with E-state index in [-0.39, 0.29) is 17.8 Å². The Bertz CT molecular complexity index is 479. The van der Waals surface area contributed by atoms with Crippen molar-refractivity contribution in [1.29, 1.82) is 0 Å². The number of benzene rings is 1. The molecule has 0 aromatic heterocycles. The van der Waals surface area contributed by atoms with Gasteiger partial charge in [0.25, 0.3) is 5.91 Å². The molecule has 1 aromatic carbocycles. The van der Waals surface area contributed by atoms with Gasteiger partial charge in [0.1, 0.15) is 11.6 Å². The SMILES string of the molecule is CNC(C)c1ccc(F)cc1OC1CCCCNC1=O. The lowest BCUT2D eigenvalue weighted by atomic mass is 10.1. The smallest absolute Gasteiger partial charge is 0.261 e. The van der Waals surface area contributed by atoms with Crippen LogP contribution in [-0.2, 0) is 4.79 Å². The number of hydrogen-bond acceptors (Lipinski definition) is 3. The average Bonchev–Trinajstić information content (AvgIpc) is 2.64. The topological polar surface area (TPSA) is 50.4 Å². The summed E-state index contributed by atoms with van der Waals surface area (Å²) in [5.41, 5.74) is 0.853. The number of carbonyl (C=O) groups is 1. The fourth-order valence-corrected chi connectivity index (χ4v) is 2.30. The van der Waals surface area contributed by atoms with Gasteiger partial charge < -0.3 is 15.4 Å². The molecule has 5 heteroatoms. The highest BCUT2D eigenvalue weighted by Gasteiger charge is 2.24.